The lowest BCUT2D eigenvalue weighted by Gasteiger charge is -2.30. The van der Waals surface area contributed by atoms with Gasteiger partial charge in [-0.25, -0.2) is 9.78 Å². The summed E-state index contributed by atoms with van der Waals surface area (Å²) in [7, 11) is 0. The topological polar surface area (TPSA) is 67.5 Å². The largest absolute Gasteiger partial charge is 0.488 e. The smallest absolute Gasteiger partial charge is 0.411 e. The molecule has 1 saturated heterocycles. The van der Waals surface area contributed by atoms with Gasteiger partial charge < -0.3 is 14.5 Å². The number of imidazole rings is 1. The van der Waals surface area contributed by atoms with E-state index in [2.05, 4.69) is 42.2 Å². The number of hydrogen-bond acceptors (Lipinski definition) is 4. The van der Waals surface area contributed by atoms with Gasteiger partial charge in [0.2, 0.25) is 0 Å². The molecule has 2 aliphatic rings. The van der Waals surface area contributed by atoms with Crippen molar-refractivity contribution in [3.8, 4) is 16.9 Å². The average molecular weight is 490 g/mol. The Hall–Kier alpha value is -3.25. The van der Waals surface area contributed by atoms with Crippen LogP contribution in [-0.4, -0.2) is 32.6 Å². The number of likely N-dealkylation sites (tertiary alicyclic amines) is 1. The van der Waals surface area contributed by atoms with Crippen LogP contribution >= 0.6 is 11.6 Å². The Morgan fingerprint density at radius 2 is 1.97 bits per heavy atom. The van der Waals surface area contributed by atoms with E-state index in [4.69, 9.17) is 26.1 Å². The van der Waals surface area contributed by atoms with Crippen molar-refractivity contribution in [2.75, 3.05) is 0 Å². The Morgan fingerprint density at radius 3 is 2.77 bits per heavy atom. The van der Waals surface area contributed by atoms with E-state index in [1.807, 2.05) is 37.8 Å². The SMILES string of the molecule is C[C@H]1CC[C@@H](c2nc3c(ccc4cc5c(cc43)OCc3cc(Cl)ccc3-5)[nH]2)N1C(=O)OC(C)(C)C. The summed E-state index contributed by atoms with van der Waals surface area (Å²) < 4.78 is 11.8. The third kappa shape index (κ3) is 3.80. The number of fused-ring (bicyclic) bond motifs is 6. The molecule has 4 aromatic rings. The van der Waals surface area contributed by atoms with Gasteiger partial charge in [-0.15, -0.1) is 0 Å². The van der Waals surface area contributed by atoms with Gasteiger partial charge in [0.15, 0.2) is 0 Å². The van der Waals surface area contributed by atoms with Crippen LogP contribution in [-0.2, 0) is 11.3 Å². The Morgan fingerprint density at radius 1 is 1.14 bits per heavy atom. The highest BCUT2D eigenvalue weighted by molar-refractivity contribution is 6.30. The highest BCUT2D eigenvalue weighted by atomic mass is 35.5. The fourth-order valence-corrected chi connectivity index (χ4v) is 5.50. The number of carbonyl (C=O) groups excluding carboxylic acids is 1. The molecule has 6 nitrogen and oxygen atoms in total. The minimum Gasteiger partial charge on any atom is -0.488 e. The first-order chi connectivity index (χ1) is 16.7. The summed E-state index contributed by atoms with van der Waals surface area (Å²) in [5.41, 5.74) is 4.58. The molecule has 3 aromatic carbocycles. The van der Waals surface area contributed by atoms with Gasteiger partial charge in [0.25, 0.3) is 0 Å². The molecular weight excluding hydrogens is 462 g/mol. The fraction of sp³-hybridized carbons (Fsp3) is 0.357. The normalized spacial score (nSPS) is 19.5. The number of amides is 1. The number of benzene rings is 3. The molecule has 0 spiro atoms. The molecule has 180 valence electrons. The maximum atomic E-state index is 13.0. The van der Waals surface area contributed by atoms with E-state index in [9.17, 15) is 4.79 Å². The Labute approximate surface area is 209 Å². The van der Waals surface area contributed by atoms with Gasteiger partial charge >= 0.3 is 6.09 Å². The van der Waals surface area contributed by atoms with Crippen molar-refractivity contribution in [3.05, 3.63) is 58.9 Å². The summed E-state index contributed by atoms with van der Waals surface area (Å²) in [5.74, 6) is 1.63. The maximum Gasteiger partial charge on any atom is 0.411 e. The summed E-state index contributed by atoms with van der Waals surface area (Å²) in [5, 5.41) is 2.82. The second-order valence-corrected chi connectivity index (χ2v) is 11.0. The molecule has 7 heteroatoms. The number of H-pyrrole nitrogens is 1. The number of nitrogens with one attached hydrogen (secondary N) is 1. The number of halogens is 1. The third-order valence-corrected chi connectivity index (χ3v) is 7.15. The highest BCUT2D eigenvalue weighted by Gasteiger charge is 2.39. The van der Waals surface area contributed by atoms with Crippen LogP contribution in [0.15, 0.2) is 42.5 Å². The molecule has 0 saturated carbocycles. The number of aromatic amines is 1. The van der Waals surface area contributed by atoms with Crippen molar-refractivity contribution in [1.29, 1.82) is 0 Å². The first kappa shape index (κ1) is 22.2. The highest BCUT2D eigenvalue weighted by Crippen LogP contribution is 2.43. The standard InChI is InChI=1S/C28H28ClN3O3/c1-15-5-10-23(32(15)27(33)35-28(2,3)4)26-30-22-9-6-16-12-21-19-8-7-18(29)11-17(19)14-34-24(21)13-20(16)25(22)31-26/h6-9,11-13,15,23H,5,10,14H2,1-4H3,(H,30,31)/t15-,23-/m0/s1. The van der Waals surface area contributed by atoms with Crippen molar-refractivity contribution in [1.82, 2.24) is 14.9 Å². The number of rotatable bonds is 1. The monoisotopic (exact) mass is 489 g/mol. The van der Waals surface area contributed by atoms with Crippen molar-refractivity contribution in [2.45, 2.75) is 64.8 Å². The van der Waals surface area contributed by atoms with Crippen LogP contribution in [0.1, 0.15) is 58.0 Å². The van der Waals surface area contributed by atoms with Crippen LogP contribution in [0.4, 0.5) is 4.79 Å². The molecule has 1 aromatic heterocycles. The van der Waals surface area contributed by atoms with Gasteiger partial charge in [-0.1, -0.05) is 23.7 Å². The Balaban J connectivity index is 1.42. The van der Waals surface area contributed by atoms with Crippen molar-refractivity contribution in [2.24, 2.45) is 0 Å². The zero-order valence-corrected chi connectivity index (χ0v) is 21.1. The molecule has 1 amide bonds. The minimum absolute atomic E-state index is 0.0915. The van der Waals surface area contributed by atoms with E-state index in [1.165, 1.54) is 0 Å². The molecular formula is C28H28ClN3O3. The van der Waals surface area contributed by atoms with E-state index >= 15 is 0 Å². The zero-order chi connectivity index (χ0) is 24.5. The van der Waals surface area contributed by atoms with Gasteiger partial charge in [0, 0.05) is 22.0 Å². The molecule has 2 aliphatic heterocycles. The first-order valence-electron chi connectivity index (χ1n) is 12.1. The number of aromatic nitrogens is 2. The maximum absolute atomic E-state index is 13.0. The number of hydrogen-bond donors (Lipinski definition) is 1. The molecule has 0 radical (unpaired) electrons. The van der Waals surface area contributed by atoms with Crippen molar-refractivity contribution in [3.63, 3.8) is 0 Å². The van der Waals surface area contributed by atoms with Gasteiger partial charge in [0.1, 0.15) is 23.8 Å². The van der Waals surface area contributed by atoms with E-state index in [1.54, 1.807) is 0 Å². The third-order valence-electron chi connectivity index (χ3n) is 6.92. The molecule has 0 aliphatic carbocycles. The fourth-order valence-electron chi connectivity index (χ4n) is 5.31. The van der Waals surface area contributed by atoms with Crippen molar-refractivity contribution >= 4 is 39.5 Å². The molecule has 1 N–H and O–H groups in total. The molecule has 1 fully saturated rings. The van der Waals surface area contributed by atoms with Gasteiger partial charge in [0.05, 0.1) is 17.1 Å². The van der Waals surface area contributed by atoms with Gasteiger partial charge in [-0.3, -0.25) is 4.90 Å². The number of carbonyl (C=O) groups is 1. The van der Waals surface area contributed by atoms with Gasteiger partial charge in [-0.05, 0) is 87.4 Å². The van der Waals surface area contributed by atoms with E-state index in [-0.39, 0.29) is 18.2 Å². The van der Waals surface area contributed by atoms with Crippen LogP contribution in [0.3, 0.4) is 0 Å². The number of nitrogens with zero attached hydrogens (tertiary/aromatic N) is 2. The summed E-state index contributed by atoms with van der Waals surface area (Å²) >= 11 is 6.19. The predicted molar refractivity (Wildman–Crippen MR) is 138 cm³/mol. The molecule has 6 rings (SSSR count). The zero-order valence-electron chi connectivity index (χ0n) is 20.3. The van der Waals surface area contributed by atoms with Gasteiger partial charge in [-0.2, -0.15) is 0 Å². The quantitative estimate of drug-likeness (QED) is 0.302. The second kappa shape index (κ2) is 7.89. The molecule has 2 atom stereocenters. The number of ether oxygens (including phenoxy) is 2. The van der Waals surface area contributed by atoms with Crippen LogP contribution in [0, 0.1) is 0 Å². The first-order valence-corrected chi connectivity index (χ1v) is 12.4. The van der Waals surface area contributed by atoms with Crippen LogP contribution in [0.5, 0.6) is 5.75 Å². The summed E-state index contributed by atoms with van der Waals surface area (Å²) in [6, 6.07) is 14.3. The lowest BCUT2D eigenvalue weighted by atomic mass is 9.94. The van der Waals surface area contributed by atoms with E-state index in [0.717, 1.165) is 62.9 Å². The Bertz CT molecular complexity index is 1490. The molecule has 0 unspecified atom stereocenters. The van der Waals surface area contributed by atoms with E-state index < -0.39 is 5.60 Å². The second-order valence-electron chi connectivity index (χ2n) is 10.6. The average Bonchev–Trinajstić information content (AvgIpc) is 3.40. The van der Waals surface area contributed by atoms with Crippen LogP contribution in [0.2, 0.25) is 5.02 Å². The molecule has 0 bridgehead atoms. The summed E-state index contributed by atoms with van der Waals surface area (Å²) in [6.07, 6.45) is 1.46. The lowest BCUT2D eigenvalue weighted by molar-refractivity contribution is 0.0152. The predicted octanol–water partition coefficient (Wildman–Crippen LogP) is 7.39. The summed E-state index contributed by atoms with van der Waals surface area (Å²) in [4.78, 5) is 23.3. The van der Waals surface area contributed by atoms with Crippen molar-refractivity contribution < 1.29 is 14.3 Å². The molecule has 35 heavy (non-hydrogen) atoms. The van der Waals surface area contributed by atoms with E-state index in [0.29, 0.717) is 11.6 Å². The molecule has 3 heterocycles. The van der Waals surface area contributed by atoms with Crippen LogP contribution in [0.25, 0.3) is 32.9 Å². The Kier molecular flexibility index (Phi) is 5.01. The minimum atomic E-state index is -0.545. The van der Waals surface area contributed by atoms with Crippen LogP contribution < -0.4 is 4.74 Å². The lowest BCUT2D eigenvalue weighted by Crippen LogP contribution is -2.40. The summed E-state index contributed by atoms with van der Waals surface area (Å²) in [6.45, 7) is 8.23.